The standard InChI is InChI=1S/C19H33N3O/c1-16(18-6-5-17(2)23-18)7-10-22-11-8-19(9-12-22)15-20(3)13-14-21(19)4/h5-6,16H,7-15H2,1-4H3/t16-/m0/s1. The summed E-state index contributed by atoms with van der Waals surface area (Å²) in [4.78, 5) is 7.79. The topological polar surface area (TPSA) is 22.9 Å². The summed E-state index contributed by atoms with van der Waals surface area (Å²) in [7, 11) is 4.60. The van der Waals surface area contributed by atoms with Gasteiger partial charge < -0.3 is 14.2 Å². The third kappa shape index (κ3) is 3.81. The van der Waals surface area contributed by atoms with Crippen LogP contribution in [0.2, 0.25) is 0 Å². The molecule has 2 aliphatic rings. The summed E-state index contributed by atoms with van der Waals surface area (Å²) in [5.74, 6) is 2.68. The Balaban J connectivity index is 1.47. The number of rotatable bonds is 4. The van der Waals surface area contributed by atoms with E-state index in [1.54, 1.807) is 0 Å². The number of likely N-dealkylation sites (N-methyl/N-ethyl adjacent to an activating group) is 2. The third-order valence-corrected chi connectivity index (χ3v) is 6.10. The van der Waals surface area contributed by atoms with Gasteiger partial charge in [0.2, 0.25) is 0 Å². The minimum absolute atomic E-state index is 0.424. The highest BCUT2D eigenvalue weighted by Crippen LogP contribution is 2.31. The number of nitrogens with zero attached hydrogens (tertiary/aromatic N) is 3. The average molecular weight is 319 g/mol. The quantitative estimate of drug-likeness (QED) is 0.851. The predicted octanol–water partition coefficient (Wildman–Crippen LogP) is 2.79. The molecule has 23 heavy (non-hydrogen) atoms. The Hall–Kier alpha value is -0.840. The molecule has 3 heterocycles. The molecule has 0 aromatic carbocycles. The molecule has 4 heteroatoms. The zero-order chi connectivity index (χ0) is 16.4. The molecule has 1 aromatic heterocycles. The van der Waals surface area contributed by atoms with Crippen LogP contribution in [-0.2, 0) is 0 Å². The van der Waals surface area contributed by atoms with Crippen LogP contribution in [0, 0.1) is 6.92 Å². The number of furan rings is 1. The van der Waals surface area contributed by atoms with Gasteiger partial charge in [-0.25, -0.2) is 0 Å². The van der Waals surface area contributed by atoms with E-state index < -0.39 is 0 Å². The predicted molar refractivity (Wildman–Crippen MR) is 95.0 cm³/mol. The Kier molecular flexibility index (Phi) is 5.14. The van der Waals surface area contributed by atoms with Gasteiger partial charge in [0, 0.05) is 31.1 Å². The van der Waals surface area contributed by atoms with E-state index in [-0.39, 0.29) is 0 Å². The molecule has 0 bridgehead atoms. The minimum atomic E-state index is 0.424. The van der Waals surface area contributed by atoms with E-state index in [2.05, 4.69) is 47.9 Å². The molecule has 0 N–H and O–H groups in total. The van der Waals surface area contributed by atoms with Crippen molar-refractivity contribution in [2.75, 3.05) is 53.4 Å². The number of hydrogen-bond acceptors (Lipinski definition) is 4. The Morgan fingerprint density at radius 2 is 1.87 bits per heavy atom. The molecule has 1 aromatic rings. The molecule has 0 amide bonds. The molecule has 2 saturated heterocycles. The van der Waals surface area contributed by atoms with Crippen LogP contribution in [0.15, 0.2) is 16.5 Å². The lowest BCUT2D eigenvalue weighted by atomic mass is 9.83. The van der Waals surface area contributed by atoms with Crippen molar-refractivity contribution >= 4 is 0 Å². The van der Waals surface area contributed by atoms with E-state index in [0.717, 1.165) is 11.5 Å². The van der Waals surface area contributed by atoms with Crippen LogP contribution < -0.4 is 0 Å². The van der Waals surface area contributed by atoms with E-state index >= 15 is 0 Å². The van der Waals surface area contributed by atoms with Gasteiger partial charge in [-0.15, -0.1) is 0 Å². The van der Waals surface area contributed by atoms with Crippen LogP contribution in [-0.4, -0.2) is 73.6 Å². The van der Waals surface area contributed by atoms with Gasteiger partial charge in [0.1, 0.15) is 11.5 Å². The van der Waals surface area contributed by atoms with Gasteiger partial charge in [0.05, 0.1) is 0 Å². The van der Waals surface area contributed by atoms with Crippen LogP contribution in [0.25, 0.3) is 0 Å². The highest BCUT2D eigenvalue weighted by atomic mass is 16.3. The van der Waals surface area contributed by atoms with Gasteiger partial charge in [-0.3, -0.25) is 4.90 Å². The molecule has 0 unspecified atom stereocenters. The van der Waals surface area contributed by atoms with E-state index in [1.807, 2.05) is 6.92 Å². The number of likely N-dealkylation sites (tertiary alicyclic amines) is 1. The molecule has 0 saturated carbocycles. The molecule has 0 radical (unpaired) electrons. The fourth-order valence-electron chi connectivity index (χ4n) is 4.23. The minimum Gasteiger partial charge on any atom is -0.466 e. The molecule has 2 fully saturated rings. The maximum absolute atomic E-state index is 5.77. The zero-order valence-corrected chi connectivity index (χ0v) is 15.3. The summed E-state index contributed by atoms with van der Waals surface area (Å²) in [6.07, 6.45) is 3.81. The van der Waals surface area contributed by atoms with Gasteiger partial charge in [-0.1, -0.05) is 6.92 Å². The Bertz CT molecular complexity index is 504. The second-order valence-electron chi connectivity index (χ2n) is 7.86. The molecule has 130 valence electrons. The first-order valence-corrected chi connectivity index (χ1v) is 9.17. The van der Waals surface area contributed by atoms with Gasteiger partial charge in [0.15, 0.2) is 0 Å². The maximum Gasteiger partial charge on any atom is 0.107 e. The Morgan fingerprint density at radius 3 is 2.52 bits per heavy atom. The van der Waals surface area contributed by atoms with Crippen LogP contribution in [0.4, 0.5) is 0 Å². The fraction of sp³-hybridized carbons (Fsp3) is 0.789. The Morgan fingerprint density at radius 1 is 1.13 bits per heavy atom. The molecule has 1 atom stereocenters. The summed E-state index contributed by atoms with van der Waals surface area (Å²) in [5, 5.41) is 0. The van der Waals surface area contributed by atoms with Crippen molar-refractivity contribution in [2.24, 2.45) is 0 Å². The monoisotopic (exact) mass is 319 g/mol. The molecule has 3 rings (SSSR count). The SMILES string of the molecule is Cc1ccc([C@@H](C)CCN2CCC3(CC2)CN(C)CCN3C)o1. The molecular formula is C19H33N3O. The lowest BCUT2D eigenvalue weighted by Crippen LogP contribution is -2.63. The Labute approximate surface area is 141 Å². The molecule has 2 aliphatic heterocycles. The third-order valence-electron chi connectivity index (χ3n) is 6.10. The van der Waals surface area contributed by atoms with Crippen molar-refractivity contribution in [2.45, 2.75) is 44.6 Å². The maximum atomic E-state index is 5.77. The first-order chi connectivity index (χ1) is 11.0. The number of aryl methyl sites for hydroxylation is 1. The second-order valence-corrected chi connectivity index (χ2v) is 7.86. The largest absolute Gasteiger partial charge is 0.466 e. The van der Waals surface area contributed by atoms with Crippen molar-refractivity contribution in [1.29, 1.82) is 0 Å². The highest BCUT2D eigenvalue weighted by Gasteiger charge is 2.41. The van der Waals surface area contributed by atoms with Crippen molar-refractivity contribution in [3.63, 3.8) is 0 Å². The van der Waals surface area contributed by atoms with Crippen LogP contribution in [0.1, 0.15) is 43.6 Å². The normalized spacial score (nSPS) is 25.0. The van der Waals surface area contributed by atoms with Gasteiger partial charge >= 0.3 is 0 Å². The average Bonchev–Trinajstić information content (AvgIpc) is 2.97. The van der Waals surface area contributed by atoms with Gasteiger partial charge in [0.25, 0.3) is 0 Å². The summed E-state index contributed by atoms with van der Waals surface area (Å²) in [6.45, 7) is 11.6. The van der Waals surface area contributed by atoms with Crippen LogP contribution >= 0.6 is 0 Å². The lowest BCUT2D eigenvalue weighted by molar-refractivity contribution is -0.0194. The van der Waals surface area contributed by atoms with E-state index in [9.17, 15) is 0 Å². The summed E-state index contributed by atoms with van der Waals surface area (Å²) >= 11 is 0. The van der Waals surface area contributed by atoms with Gasteiger partial charge in [-0.05, 0) is 72.0 Å². The smallest absolute Gasteiger partial charge is 0.107 e. The van der Waals surface area contributed by atoms with Crippen molar-refractivity contribution in [1.82, 2.24) is 14.7 Å². The molecule has 1 spiro atoms. The van der Waals surface area contributed by atoms with Gasteiger partial charge in [-0.2, -0.15) is 0 Å². The molecule has 4 nitrogen and oxygen atoms in total. The highest BCUT2D eigenvalue weighted by molar-refractivity contribution is 5.09. The van der Waals surface area contributed by atoms with Crippen LogP contribution in [0.3, 0.4) is 0 Å². The molecular weight excluding hydrogens is 286 g/mol. The van der Waals surface area contributed by atoms with Crippen molar-refractivity contribution in [3.05, 3.63) is 23.7 Å². The van der Waals surface area contributed by atoms with Crippen LogP contribution in [0.5, 0.6) is 0 Å². The summed E-state index contributed by atoms with van der Waals surface area (Å²) < 4.78 is 5.77. The van der Waals surface area contributed by atoms with Crippen molar-refractivity contribution in [3.8, 4) is 0 Å². The zero-order valence-electron chi connectivity index (χ0n) is 15.3. The number of piperazine rings is 1. The van der Waals surface area contributed by atoms with Crippen molar-refractivity contribution < 1.29 is 4.42 Å². The summed E-state index contributed by atoms with van der Waals surface area (Å²) in [5.41, 5.74) is 0.424. The first kappa shape index (κ1) is 17.0. The first-order valence-electron chi connectivity index (χ1n) is 9.17. The molecule has 0 aliphatic carbocycles. The number of hydrogen-bond donors (Lipinski definition) is 0. The van der Waals surface area contributed by atoms with E-state index in [4.69, 9.17) is 4.42 Å². The number of piperidine rings is 1. The second kappa shape index (κ2) is 6.96. The fourth-order valence-corrected chi connectivity index (χ4v) is 4.23. The van der Waals surface area contributed by atoms with E-state index in [1.165, 1.54) is 58.5 Å². The lowest BCUT2D eigenvalue weighted by Gasteiger charge is -2.52. The van der Waals surface area contributed by atoms with E-state index in [0.29, 0.717) is 11.5 Å². The summed E-state index contributed by atoms with van der Waals surface area (Å²) in [6, 6.07) is 4.21.